The summed E-state index contributed by atoms with van der Waals surface area (Å²) in [6.07, 6.45) is 1.45. The van der Waals surface area contributed by atoms with Crippen molar-refractivity contribution in [3.63, 3.8) is 0 Å². The first kappa shape index (κ1) is 13.5. The number of rotatable bonds is 3. The fraction of sp³-hybridized carbons (Fsp3) is 0.583. The molecule has 0 spiro atoms. The Morgan fingerprint density at radius 1 is 1.67 bits per heavy atom. The van der Waals surface area contributed by atoms with Gasteiger partial charge in [-0.15, -0.1) is 0 Å². The molecule has 1 aliphatic rings. The zero-order chi connectivity index (χ0) is 13.1. The largest absolute Gasteiger partial charge is 0.383 e. The number of hydrogen-bond donors (Lipinski definition) is 2. The second-order valence-electron chi connectivity index (χ2n) is 4.46. The highest BCUT2D eigenvalue weighted by atomic mass is 35.5. The molecule has 1 aliphatic heterocycles. The number of anilines is 1. The van der Waals surface area contributed by atoms with Crippen molar-refractivity contribution in [3.8, 4) is 0 Å². The second-order valence-corrected chi connectivity index (χ2v) is 4.89. The first-order valence-corrected chi connectivity index (χ1v) is 6.50. The summed E-state index contributed by atoms with van der Waals surface area (Å²) in [6, 6.07) is 1.47. The number of likely N-dealkylation sites (N-methyl/N-ethyl adjacent to an activating group) is 1. The van der Waals surface area contributed by atoms with Gasteiger partial charge in [-0.2, -0.15) is 0 Å². The molecule has 0 bridgehead atoms. The molecule has 4 N–H and O–H groups in total. The van der Waals surface area contributed by atoms with E-state index in [2.05, 4.69) is 16.8 Å². The number of halogens is 1. The van der Waals surface area contributed by atoms with E-state index in [9.17, 15) is 0 Å². The Morgan fingerprint density at radius 2 is 2.44 bits per heavy atom. The third-order valence-corrected chi connectivity index (χ3v) is 3.51. The Bertz CT molecular complexity index is 415. The van der Waals surface area contributed by atoms with Gasteiger partial charge in [-0.25, -0.2) is 4.98 Å². The predicted molar refractivity (Wildman–Crippen MR) is 72.4 cm³/mol. The minimum atomic E-state index is -0.300. The van der Waals surface area contributed by atoms with Gasteiger partial charge in [0.2, 0.25) is 0 Å². The highest BCUT2D eigenvalue weighted by Gasteiger charge is 2.27. The maximum atomic E-state index is 6.23. The lowest BCUT2D eigenvalue weighted by Crippen LogP contribution is -2.47. The van der Waals surface area contributed by atoms with Crippen LogP contribution in [0.25, 0.3) is 0 Å². The molecule has 5 nitrogen and oxygen atoms in total. The fourth-order valence-corrected chi connectivity index (χ4v) is 2.34. The van der Waals surface area contributed by atoms with E-state index in [4.69, 9.17) is 27.8 Å². The molecule has 0 aromatic carbocycles. The summed E-state index contributed by atoms with van der Waals surface area (Å²) in [5, 5.41) is 0.540. The molecule has 100 valence electrons. The van der Waals surface area contributed by atoms with Crippen LogP contribution in [-0.4, -0.2) is 42.2 Å². The first-order valence-electron chi connectivity index (χ1n) is 6.12. The number of hydrogen-bond acceptors (Lipinski definition) is 5. The SMILES string of the molecule is CCN1CCOC(C(N)c2cc(Cl)cnc2N)C1. The van der Waals surface area contributed by atoms with Gasteiger partial charge in [-0.05, 0) is 12.6 Å². The zero-order valence-electron chi connectivity index (χ0n) is 10.5. The normalized spacial score (nSPS) is 22.9. The lowest BCUT2D eigenvalue weighted by molar-refractivity contribution is -0.0392. The average Bonchev–Trinajstić information content (AvgIpc) is 2.41. The molecule has 1 saturated heterocycles. The lowest BCUT2D eigenvalue weighted by atomic mass is 10.0. The summed E-state index contributed by atoms with van der Waals surface area (Å²) in [6.45, 7) is 5.58. The van der Waals surface area contributed by atoms with Crippen molar-refractivity contribution in [1.82, 2.24) is 9.88 Å². The van der Waals surface area contributed by atoms with E-state index in [1.165, 1.54) is 6.20 Å². The van der Waals surface area contributed by atoms with Gasteiger partial charge in [0.15, 0.2) is 0 Å². The molecule has 1 aromatic rings. The lowest BCUT2D eigenvalue weighted by Gasteiger charge is -2.35. The summed E-state index contributed by atoms with van der Waals surface area (Å²) in [5.74, 6) is 0.420. The van der Waals surface area contributed by atoms with Crippen molar-refractivity contribution in [1.29, 1.82) is 0 Å². The van der Waals surface area contributed by atoms with Crippen LogP contribution >= 0.6 is 11.6 Å². The molecular weight excluding hydrogens is 252 g/mol. The average molecular weight is 271 g/mol. The monoisotopic (exact) mass is 270 g/mol. The van der Waals surface area contributed by atoms with Crippen LogP contribution in [-0.2, 0) is 4.74 Å². The zero-order valence-corrected chi connectivity index (χ0v) is 11.2. The first-order chi connectivity index (χ1) is 8.61. The van der Waals surface area contributed by atoms with E-state index in [0.29, 0.717) is 17.4 Å². The molecule has 6 heteroatoms. The van der Waals surface area contributed by atoms with E-state index in [0.717, 1.165) is 25.2 Å². The smallest absolute Gasteiger partial charge is 0.128 e. The number of nitrogen functional groups attached to an aromatic ring is 1. The van der Waals surface area contributed by atoms with E-state index < -0.39 is 0 Å². The number of morpholine rings is 1. The molecule has 0 radical (unpaired) electrons. The molecule has 0 saturated carbocycles. The molecular formula is C12H19ClN4O. The Hall–Kier alpha value is -0.880. The minimum absolute atomic E-state index is 0.0683. The van der Waals surface area contributed by atoms with Crippen molar-refractivity contribution >= 4 is 17.4 Å². The summed E-state index contributed by atoms with van der Waals surface area (Å²) in [5.41, 5.74) is 12.8. The number of pyridine rings is 1. The summed E-state index contributed by atoms with van der Waals surface area (Å²) >= 11 is 5.93. The predicted octanol–water partition coefficient (Wildman–Crippen LogP) is 1.04. The van der Waals surface area contributed by atoms with Gasteiger partial charge in [0.05, 0.1) is 23.8 Å². The summed E-state index contributed by atoms with van der Waals surface area (Å²) in [7, 11) is 0. The highest BCUT2D eigenvalue weighted by molar-refractivity contribution is 6.30. The Morgan fingerprint density at radius 3 is 3.17 bits per heavy atom. The van der Waals surface area contributed by atoms with Crippen molar-refractivity contribution in [2.75, 3.05) is 32.0 Å². The van der Waals surface area contributed by atoms with Crippen molar-refractivity contribution in [2.45, 2.75) is 19.1 Å². The molecule has 2 unspecified atom stereocenters. The standard InChI is InChI=1S/C12H19ClN4O/c1-2-17-3-4-18-10(7-17)11(14)9-5-8(13)6-16-12(9)15/h5-6,10-11H,2-4,7,14H2,1H3,(H2,15,16). The van der Waals surface area contributed by atoms with Crippen LogP contribution in [0.15, 0.2) is 12.3 Å². The second kappa shape index (κ2) is 5.84. The van der Waals surface area contributed by atoms with Crippen molar-refractivity contribution < 1.29 is 4.74 Å². The Kier molecular flexibility index (Phi) is 4.40. The maximum Gasteiger partial charge on any atom is 0.128 e. The van der Waals surface area contributed by atoms with Crippen LogP contribution in [0.2, 0.25) is 5.02 Å². The minimum Gasteiger partial charge on any atom is -0.383 e. The third-order valence-electron chi connectivity index (χ3n) is 3.30. The van der Waals surface area contributed by atoms with Crippen LogP contribution in [0.4, 0.5) is 5.82 Å². The number of nitrogens with zero attached hydrogens (tertiary/aromatic N) is 2. The topological polar surface area (TPSA) is 77.4 Å². The molecule has 2 rings (SSSR count). The van der Waals surface area contributed by atoms with Gasteiger partial charge in [0.25, 0.3) is 0 Å². The number of ether oxygens (including phenoxy) is 1. The van der Waals surface area contributed by atoms with E-state index >= 15 is 0 Å². The van der Waals surface area contributed by atoms with Gasteiger partial charge in [-0.3, -0.25) is 4.90 Å². The van der Waals surface area contributed by atoms with E-state index in [-0.39, 0.29) is 12.1 Å². The van der Waals surface area contributed by atoms with E-state index in [1.54, 1.807) is 6.07 Å². The van der Waals surface area contributed by atoms with Gasteiger partial charge in [0.1, 0.15) is 5.82 Å². The molecule has 2 heterocycles. The van der Waals surface area contributed by atoms with Gasteiger partial charge in [0, 0.05) is 24.8 Å². The van der Waals surface area contributed by atoms with Gasteiger partial charge >= 0.3 is 0 Å². The van der Waals surface area contributed by atoms with Crippen LogP contribution in [0.1, 0.15) is 18.5 Å². The Balaban J connectivity index is 2.14. The third kappa shape index (κ3) is 2.92. The van der Waals surface area contributed by atoms with E-state index in [1.807, 2.05) is 0 Å². The fourth-order valence-electron chi connectivity index (χ4n) is 2.17. The summed E-state index contributed by atoms with van der Waals surface area (Å²) < 4.78 is 5.73. The van der Waals surface area contributed by atoms with Crippen molar-refractivity contribution in [3.05, 3.63) is 22.8 Å². The molecule has 1 aromatic heterocycles. The molecule has 2 atom stereocenters. The maximum absolute atomic E-state index is 6.23. The molecule has 18 heavy (non-hydrogen) atoms. The van der Waals surface area contributed by atoms with Crippen LogP contribution in [0.5, 0.6) is 0 Å². The van der Waals surface area contributed by atoms with Crippen molar-refractivity contribution in [2.24, 2.45) is 5.73 Å². The summed E-state index contributed by atoms with van der Waals surface area (Å²) in [4.78, 5) is 6.34. The van der Waals surface area contributed by atoms with Crippen LogP contribution < -0.4 is 11.5 Å². The van der Waals surface area contributed by atoms with Crippen LogP contribution in [0.3, 0.4) is 0 Å². The number of aromatic nitrogens is 1. The van der Waals surface area contributed by atoms with Gasteiger partial charge < -0.3 is 16.2 Å². The molecule has 0 aliphatic carbocycles. The highest BCUT2D eigenvalue weighted by Crippen LogP contribution is 2.25. The quantitative estimate of drug-likeness (QED) is 0.858. The van der Waals surface area contributed by atoms with Gasteiger partial charge in [-0.1, -0.05) is 18.5 Å². The number of nitrogens with two attached hydrogens (primary N) is 2. The molecule has 1 fully saturated rings. The Labute approximate surface area is 112 Å². The van der Waals surface area contributed by atoms with Crippen LogP contribution in [0, 0.1) is 0 Å². The molecule has 0 amide bonds.